The second kappa shape index (κ2) is 8.39. The Labute approximate surface area is 135 Å². The topological polar surface area (TPSA) is 52.6 Å². The molecular weight excluding hydrogens is 303 g/mol. The van der Waals surface area contributed by atoms with Crippen molar-refractivity contribution in [2.75, 3.05) is 26.0 Å². The number of aliphatic hydroxyl groups is 1. The van der Waals surface area contributed by atoms with E-state index >= 15 is 0 Å². The summed E-state index contributed by atoms with van der Waals surface area (Å²) in [5.74, 6) is 0.650. The molecule has 1 fully saturated rings. The van der Waals surface area contributed by atoms with E-state index in [1.54, 1.807) is 22.7 Å². The Hall–Kier alpha value is -1.27. The summed E-state index contributed by atoms with van der Waals surface area (Å²) >= 11 is 1.63. The molecule has 22 heavy (non-hydrogen) atoms. The van der Waals surface area contributed by atoms with Crippen LogP contribution >= 0.6 is 11.8 Å². The number of hydrogen-bond acceptors (Lipinski definition) is 3. The summed E-state index contributed by atoms with van der Waals surface area (Å²) in [7, 11) is 0. The van der Waals surface area contributed by atoms with Gasteiger partial charge in [0.2, 0.25) is 0 Å². The van der Waals surface area contributed by atoms with Crippen molar-refractivity contribution in [3.8, 4) is 0 Å². The first-order valence-electron chi connectivity index (χ1n) is 7.54. The molecule has 1 heterocycles. The van der Waals surface area contributed by atoms with Crippen LogP contribution in [0.2, 0.25) is 0 Å². The minimum atomic E-state index is -0.249. The largest absolute Gasteiger partial charge is 0.396 e. The van der Waals surface area contributed by atoms with E-state index in [0.717, 1.165) is 36.3 Å². The lowest BCUT2D eigenvalue weighted by Gasteiger charge is -2.31. The number of rotatable bonds is 5. The van der Waals surface area contributed by atoms with E-state index < -0.39 is 0 Å². The van der Waals surface area contributed by atoms with Crippen LogP contribution < -0.4 is 5.32 Å². The lowest BCUT2D eigenvalue weighted by molar-refractivity contribution is 0.129. The number of benzene rings is 1. The van der Waals surface area contributed by atoms with Gasteiger partial charge in [-0.05, 0) is 48.3 Å². The fraction of sp³-hybridized carbons (Fsp3) is 0.562. The summed E-state index contributed by atoms with van der Waals surface area (Å²) in [4.78, 5) is 14.0. The van der Waals surface area contributed by atoms with Crippen LogP contribution in [0.5, 0.6) is 0 Å². The van der Waals surface area contributed by atoms with Crippen molar-refractivity contribution in [2.45, 2.75) is 25.1 Å². The minimum absolute atomic E-state index is 0.113. The Morgan fingerprint density at radius 1 is 1.50 bits per heavy atom. The number of amides is 2. The fourth-order valence-electron chi connectivity index (χ4n) is 2.74. The van der Waals surface area contributed by atoms with Gasteiger partial charge in [-0.15, -0.1) is 0 Å². The van der Waals surface area contributed by atoms with Crippen LogP contribution in [0, 0.1) is 11.7 Å². The predicted octanol–water partition coefficient (Wildman–Crippen LogP) is 2.60. The highest BCUT2D eigenvalue weighted by atomic mass is 32.2. The van der Waals surface area contributed by atoms with Gasteiger partial charge in [-0.25, -0.2) is 9.18 Å². The molecule has 1 aliphatic rings. The Kier molecular flexibility index (Phi) is 6.51. The second-order valence-electron chi connectivity index (χ2n) is 5.64. The van der Waals surface area contributed by atoms with E-state index in [2.05, 4.69) is 5.32 Å². The summed E-state index contributed by atoms with van der Waals surface area (Å²) < 4.78 is 13.3. The summed E-state index contributed by atoms with van der Waals surface area (Å²) in [6.45, 7) is 1.85. The zero-order valence-electron chi connectivity index (χ0n) is 12.8. The van der Waals surface area contributed by atoms with Crippen molar-refractivity contribution in [3.05, 3.63) is 35.1 Å². The highest BCUT2D eigenvalue weighted by Crippen LogP contribution is 2.18. The molecule has 1 atom stereocenters. The third-order valence-electron chi connectivity index (χ3n) is 3.96. The zero-order valence-corrected chi connectivity index (χ0v) is 13.7. The van der Waals surface area contributed by atoms with Gasteiger partial charge < -0.3 is 15.3 Å². The van der Waals surface area contributed by atoms with E-state index in [0.29, 0.717) is 13.1 Å². The summed E-state index contributed by atoms with van der Waals surface area (Å²) in [6.07, 6.45) is 3.86. The van der Waals surface area contributed by atoms with Crippen molar-refractivity contribution in [1.29, 1.82) is 0 Å². The van der Waals surface area contributed by atoms with Crippen molar-refractivity contribution in [1.82, 2.24) is 10.2 Å². The van der Waals surface area contributed by atoms with E-state index in [1.807, 2.05) is 6.26 Å². The Morgan fingerprint density at radius 2 is 2.32 bits per heavy atom. The van der Waals surface area contributed by atoms with Crippen LogP contribution in [-0.4, -0.2) is 42.0 Å². The van der Waals surface area contributed by atoms with E-state index in [-0.39, 0.29) is 24.4 Å². The molecule has 0 bridgehead atoms. The molecule has 1 saturated heterocycles. The number of aliphatic hydroxyl groups excluding tert-OH is 1. The lowest BCUT2D eigenvalue weighted by Crippen LogP contribution is -2.46. The van der Waals surface area contributed by atoms with E-state index in [9.17, 15) is 14.3 Å². The molecule has 2 amide bonds. The van der Waals surface area contributed by atoms with Crippen LogP contribution in [0.1, 0.15) is 24.0 Å². The maximum Gasteiger partial charge on any atom is 0.317 e. The van der Waals surface area contributed by atoms with Crippen molar-refractivity contribution >= 4 is 17.8 Å². The molecule has 1 aliphatic heterocycles. The molecular formula is C16H23FN2O2S. The molecule has 2 N–H and O–H groups in total. The van der Waals surface area contributed by atoms with Crippen molar-refractivity contribution in [3.63, 3.8) is 0 Å². The van der Waals surface area contributed by atoms with Crippen molar-refractivity contribution in [2.24, 2.45) is 5.92 Å². The SMILES string of the molecule is CSCc1cc(F)ccc1CNC(=O)N1CCC[C@H](CO)C1. The van der Waals surface area contributed by atoms with Crippen LogP contribution in [-0.2, 0) is 12.3 Å². The molecule has 1 aromatic rings. The normalized spacial score (nSPS) is 18.3. The molecule has 0 aromatic heterocycles. The van der Waals surface area contributed by atoms with E-state index in [1.165, 1.54) is 12.1 Å². The average molecular weight is 326 g/mol. The Morgan fingerprint density at radius 3 is 3.05 bits per heavy atom. The van der Waals surface area contributed by atoms with Gasteiger partial charge in [0, 0.05) is 32.0 Å². The number of hydrogen-bond donors (Lipinski definition) is 2. The van der Waals surface area contributed by atoms with Gasteiger partial charge in [-0.1, -0.05) is 6.07 Å². The lowest BCUT2D eigenvalue weighted by atomic mass is 9.99. The second-order valence-corrected chi connectivity index (χ2v) is 6.51. The molecule has 1 aromatic carbocycles. The highest BCUT2D eigenvalue weighted by molar-refractivity contribution is 7.97. The quantitative estimate of drug-likeness (QED) is 0.874. The first-order chi connectivity index (χ1) is 10.6. The smallest absolute Gasteiger partial charge is 0.317 e. The number of nitrogens with zero attached hydrogens (tertiary/aromatic N) is 1. The molecule has 2 rings (SSSR count). The molecule has 0 saturated carbocycles. The van der Waals surface area contributed by atoms with Gasteiger partial charge in [-0.3, -0.25) is 0 Å². The van der Waals surface area contributed by atoms with Gasteiger partial charge >= 0.3 is 6.03 Å². The standard InChI is InChI=1S/C16H23FN2O2S/c1-22-11-14-7-15(17)5-4-13(14)8-18-16(21)19-6-2-3-12(9-19)10-20/h4-5,7,12,20H,2-3,6,8-11H2,1H3,(H,18,21)/t12-/m0/s1. The molecule has 0 unspecified atom stereocenters. The van der Waals surface area contributed by atoms with Gasteiger partial charge in [0.1, 0.15) is 5.82 Å². The predicted molar refractivity (Wildman–Crippen MR) is 87.2 cm³/mol. The number of thioether (sulfide) groups is 1. The van der Waals surface area contributed by atoms with Gasteiger partial charge in [0.25, 0.3) is 0 Å². The van der Waals surface area contributed by atoms with Crippen LogP contribution in [0.15, 0.2) is 18.2 Å². The first-order valence-corrected chi connectivity index (χ1v) is 8.93. The summed E-state index contributed by atoms with van der Waals surface area (Å²) in [5, 5.41) is 12.1. The third kappa shape index (κ3) is 4.61. The van der Waals surface area contributed by atoms with Crippen molar-refractivity contribution < 1.29 is 14.3 Å². The summed E-state index contributed by atoms with van der Waals surface area (Å²) in [5.41, 5.74) is 1.86. The molecule has 6 heteroatoms. The van der Waals surface area contributed by atoms with Crippen LogP contribution in [0.3, 0.4) is 0 Å². The Bertz CT molecular complexity index is 513. The van der Waals surface area contributed by atoms with E-state index in [4.69, 9.17) is 0 Å². The van der Waals surface area contributed by atoms with Crippen LogP contribution in [0.4, 0.5) is 9.18 Å². The van der Waals surface area contributed by atoms with Gasteiger partial charge in [-0.2, -0.15) is 11.8 Å². The molecule has 0 radical (unpaired) electrons. The van der Waals surface area contributed by atoms with Gasteiger partial charge in [0.15, 0.2) is 0 Å². The third-order valence-corrected chi connectivity index (χ3v) is 4.56. The number of carbonyl (C=O) groups is 1. The minimum Gasteiger partial charge on any atom is -0.396 e. The molecule has 0 aliphatic carbocycles. The maximum atomic E-state index is 13.3. The Balaban J connectivity index is 1.93. The number of likely N-dealkylation sites (tertiary alicyclic amines) is 1. The first kappa shape index (κ1) is 17.1. The average Bonchev–Trinajstić information content (AvgIpc) is 2.54. The fourth-order valence-corrected chi connectivity index (χ4v) is 3.32. The monoisotopic (exact) mass is 326 g/mol. The van der Waals surface area contributed by atoms with Gasteiger partial charge in [0.05, 0.1) is 0 Å². The molecule has 122 valence electrons. The number of urea groups is 1. The number of halogens is 1. The van der Waals surface area contributed by atoms with Crippen LogP contribution in [0.25, 0.3) is 0 Å². The number of piperidine rings is 1. The molecule has 4 nitrogen and oxygen atoms in total. The highest BCUT2D eigenvalue weighted by Gasteiger charge is 2.22. The zero-order chi connectivity index (χ0) is 15.9. The number of nitrogens with one attached hydrogen (secondary N) is 1. The summed E-state index contributed by atoms with van der Waals surface area (Å²) in [6, 6.07) is 4.57. The number of carbonyl (C=O) groups excluding carboxylic acids is 1. The maximum absolute atomic E-state index is 13.3. The molecule has 0 spiro atoms.